The van der Waals surface area contributed by atoms with E-state index in [9.17, 15) is 0 Å². The van der Waals surface area contributed by atoms with Crippen LogP contribution in [0.4, 0.5) is 0 Å². The molecule has 1 aromatic heterocycles. The first-order chi connectivity index (χ1) is 9.31. The van der Waals surface area contributed by atoms with Gasteiger partial charge in [0.25, 0.3) is 0 Å². The molecule has 0 bridgehead atoms. The first kappa shape index (κ1) is 11.7. The van der Waals surface area contributed by atoms with Crippen LogP contribution in [0, 0.1) is 0 Å². The topological polar surface area (TPSA) is 21.1 Å². The summed E-state index contributed by atoms with van der Waals surface area (Å²) in [6.45, 7) is 3.37. The Morgan fingerprint density at radius 3 is 2.84 bits per heavy atom. The van der Waals surface area contributed by atoms with Crippen molar-refractivity contribution in [2.24, 2.45) is 0 Å². The average Bonchev–Trinajstić information content (AvgIpc) is 2.54. The minimum atomic E-state index is 0.775. The highest BCUT2D eigenvalue weighted by Gasteiger charge is 2.27. The third kappa shape index (κ3) is 1.96. The summed E-state index contributed by atoms with van der Waals surface area (Å²) in [6, 6.07) is 6.88. The van der Waals surface area contributed by atoms with Gasteiger partial charge >= 0.3 is 0 Å². The van der Waals surface area contributed by atoms with Gasteiger partial charge in [0.15, 0.2) is 0 Å². The molecule has 4 heteroatoms. The second-order valence-electron chi connectivity index (χ2n) is 5.68. The molecule has 0 radical (unpaired) electrons. The summed E-state index contributed by atoms with van der Waals surface area (Å²) in [6.07, 6.45) is 5.24. The molecule has 1 fully saturated rings. The SMILES string of the molecule is Clc1ccc2c(c1)nc1n2CCN(C2CCC2)CC1. The summed E-state index contributed by atoms with van der Waals surface area (Å²) in [5.74, 6) is 1.22. The van der Waals surface area contributed by atoms with Gasteiger partial charge in [-0.25, -0.2) is 4.98 Å². The summed E-state index contributed by atoms with van der Waals surface area (Å²) in [4.78, 5) is 7.42. The van der Waals surface area contributed by atoms with Gasteiger partial charge in [-0.2, -0.15) is 0 Å². The molecule has 1 aliphatic carbocycles. The number of halogens is 1. The maximum atomic E-state index is 6.05. The van der Waals surface area contributed by atoms with Gasteiger partial charge in [0.2, 0.25) is 0 Å². The highest BCUT2D eigenvalue weighted by Crippen LogP contribution is 2.27. The fourth-order valence-corrected chi connectivity index (χ4v) is 3.46. The van der Waals surface area contributed by atoms with Crippen molar-refractivity contribution in [2.45, 2.75) is 38.3 Å². The van der Waals surface area contributed by atoms with Gasteiger partial charge in [0.1, 0.15) is 5.82 Å². The second-order valence-corrected chi connectivity index (χ2v) is 6.12. The van der Waals surface area contributed by atoms with E-state index in [0.717, 1.165) is 42.6 Å². The highest BCUT2D eigenvalue weighted by molar-refractivity contribution is 6.31. The molecule has 3 nitrogen and oxygen atoms in total. The van der Waals surface area contributed by atoms with Crippen molar-refractivity contribution in [3.8, 4) is 0 Å². The van der Waals surface area contributed by atoms with Gasteiger partial charge in [-0.3, -0.25) is 4.90 Å². The van der Waals surface area contributed by atoms with Crippen molar-refractivity contribution in [3.63, 3.8) is 0 Å². The number of hydrogen-bond acceptors (Lipinski definition) is 2. The fourth-order valence-electron chi connectivity index (χ4n) is 3.29. The van der Waals surface area contributed by atoms with E-state index < -0.39 is 0 Å². The summed E-state index contributed by atoms with van der Waals surface area (Å²) < 4.78 is 2.38. The van der Waals surface area contributed by atoms with Gasteiger partial charge in [-0.15, -0.1) is 0 Å². The largest absolute Gasteiger partial charge is 0.327 e. The number of benzene rings is 1. The van der Waals surface area contributed by atoms with Crippen molar-refractivity contribution in [2.75, 3.05) is 13.1 Å². The Morgan fingerprint density at radius 1 is 1.16 bits per heavy atom. The van der Waals surface area contributed by atoms with Crippen molar-refractivity contribution in [1.29, 1.82) is 0 Å². The van der Waals surface area contributed by atoms with E-state index in [4.69, 9.17) is 16.6 Å². The van der Waals surface area contributed by atoms with E-state index in [0.29, 0.717) is 0 Å². The third-order valence-corrected chi connectivity index (χ3v) is 4.85. The first-order valence-corrected chi connectivity index (χ1v) is 7.58. The number of imidazole rings is 1. The number of fused-ring (bicyclic) bond motifs is 3. The van der Waals surface area contributed by atoms with Crippen LogP contribution in [-0.2, 0) is 13.0 Å². The Bertz CT molecular complexity index is 615. The minimum Gasteiger partial charge on any atom is -0.327 e. The first-order valence-electron chi connectivity index (χ1n) is 7.20. The molecule has 1 saturated carbocycles. The predicted octanol–water partition coefficient (Wildman–Crippen LogP) is 3.10. The van der Waals surface area contributed by atoms with Gasteiger partial charge in [0, 0.05) is 37.1 Å². The number of aromatic nitrogens is 2. The summed E-state index contributed by atoms with van der Waals surface area (Å²) in [5.41, 5.74) is 2.27. The third-order valence-electron chi connectivity index (χ3n) is 4.61. The Kier molecular flexibility index (Phi) is 2.78. The molecular weight excluding hydrogens is 258 g/mol. The van der Waals surface area contributed by atoms with Crippen LogP contribution in [0.25, 0.3) is 11.0 Å². The summed E-state index contributed by atoms with van der Waals surface area (Å²) in [5, 5.41) is 0.775. The average molecular weight is 276 g/mol. The van der Waals surface area contributed by atoms with E-state index in [2.05, 4.69) is 15.5 Å². The molecule has 1 aromatic carbocycles. The molecule has 0 N–H and O–H groups in total. The number of hydrogen-bond donors (Lipinski definition) is 0. The van der Waals surface area contributed by atoms with Gasteiger partial charge in [-0.05, 0) is 31.0 Å². The van der Waals surface area contributed by atoms with Crippen LogP contribution in [0.2, 0.25) is 5.02 Å². The molecule has 1 aliphatic heterocycles. The van der Waals surface area contributed by atoms with Gasteiger partial charge < -0.3 is 4.57 Å². The maximum absolute atomic E-state index is 6.05. The normalized spacial score (nSPS) is 21.1. The van der Waals surface area contributed by atoms with Crippen molar-refractivity contribution >= 4 is 22.6 Å². The minimum absolute atomic E-state index is 0.775. The zero-order valence-corrected chi connectivity index (χ0v) is 11.7. The van der Waals surface area contributed by atoms with Crippen molar-refractivity contribution in [1.82, 2.24) is 14.5 Å². The Balaban J connectivity index is 1.66. The quantitative estimate of drug-likeness (QED) is 0.797. The lowest BCUT2D eigenvalue weighted by Crippen LogP contribution is -2.41. The molecule has 0 unspecified atom stereocenters. The van der Waals surface area contributed by atoms with Crippen LogP contribution in [0.1, 0.15) is 25.1 Å². The Labute approximate surface area is 118 Å². The molecule has 2 aliphatic rings. The molecule has 100 valence electrons. The van der Waals surface area contributed by atoms with E-state index in [1.807, 2.05) is 12.1 Å². The number of nitrogens with zero attached hydrogens (tertiary/aromatic N) is 3. The highest BCUT2D eigenvalue weighted by atomic mass is 35.5. The van der Waals surface area contributed by atoms with Gasteiger partial charge in [0.05, 0.1) is 11.0 Å². The van der Waals surface area contributed by atoms with E-state index in [-0.39, 0.29) is 0 Å². The molecule has 0 spiro atoms. The number of rotatable bonds is 1. The predicted molar refractivity (Wildman–Crippen MR) is 77.7 cm³/mol. The molecule has 0 amide bonds. The Morgan fingerprint density at radius 2 is 2.05 bits per heavy atom. The zero-order valence-electron chi connectivity index (χ0n) is 11.0. The second kappa shape index (κ2) is 4.50. The lowest BCUT2D eigenvalue weighted by atomic mass is 9.91. The Hall–Kier alpha value is -1.06. The molecule has 2 heterocycles. The van der Waals surface area contributed by atoms with Gasteiger partial charge in [-0.1, -0.05) is 18.0 Å². The molecule has 19 heavy (non-hydrogen) atoms. The molecule has 4 rings (SSSR count). The molecule has 0 saturated heterocycles. The van der Waals surface area contributed by atoms with Crippen molar-refractivity contribution < 1.29 is 0 Å². The smallest absolute Gasteiger partial charge is 0.111 e. The van der Waals surface area contributed by atoms with E-state index in [1.54, 1.807) is 0 Å². The lowest BCUT2D eigenvalue weighted by Gasteiger charge is -2.36. The summed E-state index contributed by atoms with van der Waals surface area (Å²) in [7, 11) is 0. The van der Waals surface area contributed by atoms with Crippen LogP contribution in [-0.4, -0.2) is 33.6 Å². The fraction of sp³-hybridized carbons (Fsp3) is 0.533. The van der Waals surface area contributed by atoms with E-state index in [1.165, 1.54) is 30.6 Å². The van der Waals surface area contributed by atoms with Crippen LogP contribution in [0.3, 0.4) is 0 Å². The maximum Gasteiger partial charge on any atom is 0.111 e. The van der Waals surface area contributed by atoms with Crippen molar-refractivity contribution in [3.05, 3.63) is 29.0 Å². The van der Waals surface area contributed by atoms with Crippen LogP contribution in [0.15, 0.2) is 18.2 Å². The zero-order chi connectivity index (χ0) is 12.8. The summed E-state index contributed by atoms with van der Waals surface area (Å²) >= 11 is 6.05. The van der Waals surface area contributed by atoms with Crippen LogP contribution < -0.4 is 0 Å². The molecule has 2 aromatic rings. The van der Waals surface area contributed by atoms with E-state index >= 15 is 0 Å². The standard InChI is InChI=1S/C15H18ClN3/c16-11-4-5-14-13(10-11)17-15-6-7-18(8-9-19(14)15)12-2-1-3-12/h4-5,10,12H,1-3,6-9H2. The molecular formula is C15H18ClN3. The van der Waals surface area contributed by atoms with Crippen LogP contribution in [0.5, 0.6) is 0 Å². The lowest BCUT2D eigenvalue weighted by molar-refractivity contribution is 0.130. The molecule has 0 atom stereocenters. The monoisotopic (exact) mass is 275 g/mol. The van der Waals surface area contributed by atoms with Crippen LogP contribution >= 0.6 is 11.6 Å².